The normalized spacial score (nSPS) is 14.8. The van der Waals surface area contributed by atoms with Crippen molar-refractivity contribution in [1.82, 2.24) is 9.97 Å². The first-order chi connectivity index (χ1) is 11.7. The Morgan fingerprint density at radius 2 is 1.88 bits per heavy atom. The summed E-state index contributed by atoms with van der Waals surface area (Å²) in [6.07, 6.45) is 9.24. The zero-order valence-electron chi connectivity index (χ0n) is 13.2. The van der Waals surface area contributed by atoms with Crippen molar-refractivity contribution in [2.75, 3.05) is 5.73 Å². The van der Waals surface area contributed by atoms with Gasteiger partial charge in [0.2, 0.25) is 0 Å². The molecule has 1 aliphatic rings. The number of nitrogens with zero attached hydrogens (tertiary/aromatic N) is 4. The molecule has 0 bridgehead atoms. The van der Waals surface area contributed by atoms with Gasteiger partial charge in [0.25, 0.3) is 0 Å². The van der Waals surface area contributed by atoms with Crippen LogP contribution in [-0.2, 0) is 0 Å². The zero-order chi connectivity index (χ0) is 16.9. The highest BCUT2D eigenvalue weighted by molar-refractivity contribution is 7.99. The monoisotopic (exact) mass is 335 g/mol. The molecule has 0 aliphatic heterocycles. The molecule has 0 radical (unpaired) electrons. The summed E-state index contributed by atoms with van der Waals surface area (Å²) in [5, 5.41) is 20.3. The molecule has 2 heterocycles. The van der Waals surface area contributed by atoms with Gasteiger partial charge in [0.05, 0.1) is 5.56 Å². The number of aromatic nitrogens is 2. The summed E-state index contributed by atoms with van der Waals surface area (Å²) in [5.74, 6) is 0.175. The molecule has 0 spiro atoms. The minimum Gasteiger partial charge on any atom is -0.383 e. The number of nitriles is 2. The third-order valence-electron chi connectivity index (χ3n) is 4.20. The average Bonchev–Trinajstić information content (AvgIpc) is 2.63. The molecule has 1 saturated carbocycles. The Bertz CT molecular complexity index is 814. The van der Waals surface area contributed by atoms with E-state index in [0.29, 0.717) is 27.0 Å². The van der Waals surface area contributed by atoms with Crippen molar-refractivity contribution in [1.29, 1.82) is 10.5 Å². The van der Waals surface area contributed by atoms with E-state index in [1.165, 1.54) is 19.3 Å². The van der Waals surface area contributed by atoms with Crippen molar-refractivity contribution in [3.8, 4) is 23.3 Å². The Morgan fingerprint density at radius 3 is 2.50 bits per heavy atom. The van der Waals surface area contributed by atoms with Crippen molar-refractivity contribution < 1.29 is 0 Å². The van der Waals surface area contributed by atoms with Crippen LogP contribution < -0.4 is 5.73 Å². The van der Waals surface area contributed by atoms with Gasteiger partial charge in [0.15, 0.2) is 0 Å². The van der Waals surface area contributed by atoms with E-state index >= 15 is 0 Å². The van der Waals surface area contributed by atoms with Gasteiger partial charge in [-0.2, -0.15) is 10.5 Å². The maximum atomic E-state index is 9.73. The minimum atomic E-state index is 0.175. The quantitative estimate of drug-likeness (QED) is 0.913. The van der Waals surface area contributed by atoms with Crippen LogP contribution in [0.2, 0.25) is 0 Å². The topological polar surface area (TPSA) is 99.4 Å². The van der Waals surface area contributed by atoms with Crippen LogP contribution in [0, 0.1) is 22.7 Å². The summed E-state index contributed by atoms with van der Waals surface area (Å²) in [7, 11) is 0. The first-order valence-electron chi connectivity index (χ1n) is 7.95. The van der Waals surface area contributed by atoms with Crippen molar-refractivity contribution in [3.05, 3.63) is 35.7 Å². The lowest BCUT2D eigenvalue weighted by molar-refractivity contribution is 0.515. The molecule has 2 N–H and O–H groups in total. The average molecular weight is 335 g/mol. The number of hydrogen-bond donors (Lipinski definition) is 1. The molecule has 3 rings (SSSR count). The molecule has 0 atom stereocenters. The first-order valence-corrected chi connectivity index (χ1v) is 8.83. The second-order valence-corrected chi connectivity index (χ2v) is 7.06. The molecule has 2 aromatic rings. The molecule has 6 heteroatoms. The summed E-state index contributed by atoms with van der Waals surface area (Å²) < 4.78 is 0. The van der Waals surface area contributed by atoms with Crippen molar-refractivity contribution in [3.63, 3.8) is 0 Å². The van der Waals surface area contributed by atoms with Gasteiger partial charge in [-0.1, -0.05) is 25.3 Å². The second kappa shape index (κ2) is 7.33. The molecular weight excluding hydrogens is 318 g/mol. The maximum absolute atomic E-state index is 9.73. The minimum absolute atomic E-state index is 0.175. The van der Waals surface area contributed by atoms with Crippen LogP contribution in [0.1, 0.15) is 43.2 Å². The lowest BCUT2D eigenvalue weighted by Gasteiger charge is -2.22. The third kappa shape index (κ3) is 3.20. The third-order valence-corrected chi connectivity index (χ3v) is 5.52. The van der Waals surface area contributed by atoms with E-state index in [2.05, 4.69) is 22.1 Å². The molecule has 0 aromatic carbocycles. The molecule has 2 aromatic heterocycles. The Kier molecular flexibility index (Phi) is 4.98. The maximum Gasteiger partial charge on any atom is 0.143 e. The van der Waals surface area contributed by atoms with Gasteiger partial charge >= 0.3 is 0 Å². The second-order valence-electron chi connectivity index (χ2n) is 5.77. The number of anilines is 1. The summed E-state index contributed by atoms with van der Waals surface area (Å²) >= 11 is 1.61. The number of pyridine rings is 2. The van der Waals surface area contributed by atoms with Crippen LogP contribution in [0.25, 0.3) is 11.1 Å². The van der Waals surface area contributed by atoms with Gasteiger partial charge in [-0.05, 0) is 18.9 Å². The highest BCUT2D eigenvalue weighted by Gasteiger charge is 2.23. The van der Waals surface area contributed by atoms with Crippen molar-refractivity contribution in [2.24, 2.45) is 0 Å². The van der Waals surface area contributed by atoms with Crippen LogP contribution in [0.3, 0.4) is 0 Å². The van der Waals surface area contributed by atoms with Gasteiger partial charge < -0.3 is 5.73 Å². The Hall–Kier alpha value is -2.57. The molecule has 1 fully saturated rings. The highest BCUT2D eigenvalue weighted by Crippen LogP contribution is 2.39. The lowest BCUT2D eigenvalue weighted by atomic mass is 9.98. The molecule has 5 nitrogen and oxygen atoms in total. The van der Waals surface area contributed by atoms with E-state index < -0.39 is 0 Å². The zero-order valence-corrected chi connectivity index (χ0v) is 14.0. The lowest BCUT2D eigenvalue weighted by Crippen LogP contribution is -2.10. The predicted molar refractivity (Wildman–Crippen MR) is 94.0 cm³/mol. The van der Waals surface area contributed by atoms with Crippen LogP contribution >= 0.6 is 11.8 Å². The summed E-state index contributed by atoms with van der Waals surface area (Å²) in [6, 6.07) is 7.94. The molecule has 24 heavy (non-hydrogen) atoms. The molecule has 120 valence electrons. The SMILES string of the molecule is N#Cc1c(N)nc(SC2CCCCC2)c(C#N)c1-c1cccnc1. The van der Waals surface area contributed by atoms with E-state index in [4.69, 9.17) is 5.73 Å². The largest absolute Gasteiger partial charge is 0.383 e. The number of nitrogens with two attached hydrogens (primary N) is 1. The number of thioether (sulfide) groups is 1. The predicted octanol–water partition coefficient (Wildman–Crippen LogP) is 3.89. The highest BCUT2D eigenvalue weighted by atomic mass is 32.2. The number of rotatable bonds is 3. The van der Waals surface area contributed by atoms with Gasteiger partial charge in [0.1, 0.15) is 28.5 Å². The van der Waals surface area contributed by atoms with Gasteiger partial charge in [0, 0.05) is 28.8 Å². The summed E-state index contributed by atoms with van der Waals surface area (Å²) in [4.78, 5) is 8.47. The number of hydrogen-bond acceptors (Lipinski definition) is 6. The fourth-order valence-corrected chi connectivity index (χ4v) is 4.32. The Labute approximate surface area is 145 Å². The smallest absolute Gasteiger partial charge is 0.143 e. The summed E-state index contributed by atoms with van der Waals surface area (Å²) in [5.41, 5.74) is 7.94. The molecule has 0 amide bonds. The molecule has 1 aliphatic carbocycles. The van der Waals surface area contributed by atoms with Gasteiger partial charge in [-0.3, -0.25) is 4.98 Å². The Balaban J connectivity index is 2.12. The van der Waals surface area contributed by atoms with E-state index in [1.54, 1.807) is 30.2 Å². The molecular formula is C18H17N5S. The van der Waals surface area contributed by atoms with Gasteiger partial charge in [-0.15, -0.1) is 11.8 Å². The summed E-state index contributed by atoms with van der Waals surface area (Å²) in [6.45, 7) is 0. The van der Waals surface area contributed by atoms with E-state index in [-0.39, 0.29) is 11.4 Å². The van der Waals surface area contributed by atoms with Crippen LogP contribution in [-0.4, -0.2) is 15.2 Å². The molecule has 0 unspecified atom stereocenters. The van der Waals surface area contributed by atoms with Crippen molar-refractivity contribution in [2.45, 2.75) is 42.4 Å². The molecule has 0 saturated heterocycles. The van der Waals surface area contributed by atoms with Crippen molar-refractivity contribution >= 4 is 17.6 Å². The van der Waals surface area contributed by atoms with Crippen LogP contribution in [0.4, 0.5) is 5.82 Å². The van der Waals surface area contributed by atoms with Crippen LogP contribution in [0.5, 0.6) is 0 Å². The van der Waals surface area contributed by atoms with E-state index in [9.17, 15) is 10.5 Å². The van der Waals surface area contributed by atoms with E-state index in [0.717, 1.165) is 12.8 Å². The standard InChI is InChI=1S/C18H17N5S/c19-9-14-16(12-5-4-8-22-11-12)15(10-20)18(23-17(14)21)24-13-6-2-1-3-7-13/h4-5,8,11,13H,1-3,6-7H2,(H2,21,23). The Morgan fingerprint density at radius 1 is 1.12 bits per heavy atom. The van der Waals surface area contributed by atoms with E-state index in [1.807, 2.05) is 6.07 Å². The fraction of sp³-hybridized carbons (Fsp3) is 0.333. The van der Waals surface area contributed by atoms with Gasteiger partial charge in [-0.25, -0.2) is 4.98 Å². The fourth-order valence-electron chi connectivity index (χ4n) is 3.02. The van der Waals surface area contributed by atoms with Crippen LogP contribution in [0.15, 0.2) is 29.6 Å². The first kappa shape index (κ1) is 16.3. The number of nitrogen functional groups attached to an aromatic ring is 1.